The Hall–Kier alpha value is -3.22. The van der Waals surface area contributed by atoms with E-state index in [0.29, 0.717) is 23.7 Å². The maximum Gasteiger partial charge on any atom is 0.320 e. The number of benzene rings is 1. The van der Waals surface area contributed by atoms with Crippen molar-refractivity contribution in [3.63, 3.8) is 0 Å². The number of nitrogens with one attached hydrogen (secondary N) is 1. The molecule has 2 aliphatic heterocycles. The number of aromatic nitrogens is 1. The predicted octanol–water partition coefficient (Wildman–Crippen LogP) is 3.89. The Morgan fingerprint density at radius 1 is 1.00 bits per heavy atom. The zero-order valence-electron chi connectivity index (χ0n) is 20.8. The highest BCUT2D eigenvalue weighted by molar-refractivity contribution is 7.92. The lowest BCUT2D eigenvalue weighted by atomic mass is 9.97. The first-order valence-corrected chi connectivity index (χ1v) is 15.1. The summed E-state index contributed by atoms with van der Waals surface area (Å²) in [4.78, 5) is 34.3. The molecule has 2 N–H and O–H groups in total. The van der Waals surface area contributed by atoms with Crippen LogP contribution in [-0.4, -0.2) is 72.3 Å². The van der Waals surface area contributed by atoms with Crippen molar-refractivity contribution in [1.29, 1.82) is 0 Å². The smallest absolute Gasteiger partial charge is 0.320 e. The first-order chi connectivity index (χ1) is 18.3. The first-order valence-electron chi connectivity index (χ1n) is 12.6. The quantitative estimate of drug-likeness (QED) is 0.359. The molecule has 3 aromatic rings. The Balaban J connectivity index is 1.45. The van der Waals surface area contributed by atoms with Crippen LogP contribution in [0.3, 0.4) is 0 Å². The molecule has 5 rings (SSSR count). The van der Waals surface area contributed by atoms with Crippen LogP contribution in [0.1, 0.15) is 37.0 Å². The second kappa shape index (κ2) is 10.9. The van der Waals surface area contributed by atoms with Gasteiger partial charge in [0.2, 0.25) is 5.91 Å². The number of likely N-dealkylation sites (tertiary alicyclic amines) is 1. The highest BCUT2D eigenvalue weighted by Crippen LogP contribution is 2.45. The van der Waals surface area contributed by atoms with E-state index in [-0.39, 0.29) is 31.3 Å². The zero-order valence-corrected chi connectivity index (χ0v) is 22.5. The molecule has 202 valence electrons. The summed E-state index contributed by atoms with van der Waals surface area (Å²) in [7, 11) is -3.88. The van der Waals surface area contributed by atoms with E-state index in [1.807, 2.05) is 30.3 Å². The number of amides is 3. The summed E-state index contributed by atoms with van der Waals surface area (Å²) in [6.07, 6.45) is 5.59. The van der Waals surface area contributed by atoms with Gasteiger partial charge < -0.3 is 14.2 Å². The third kappa shape index (κ3) is 5.07. The molecule has 1 atom stereocenters. The zero-order chi connectivity index (χ0) is 26.8. The van der Waals surface area contributed by atoms with Gasteiger partial charge >= 0.3 is 6.03 Å². The number of carbonyl (C=O) groups excluding carboxylic acids is 2. The number of urea groups is 1. The van der Waals surface area contributed by atoms with Crippen LogP contribution in [0.25, 0.3) is 21.8 Å². The van der Waals surface area contributed by atoms with Crippen molar-refractivity contribution in [1.82, 2.24) is 20.3 Å². The fourth-order valence-corrected chi connectivity index (χ4v) is 8.85. The molecular formula is C26H30N4O6S2. The van der Waals surface area contributed by atoms with Gasteiger partial charge in [-0.1, -0.05) is 24.3 Å². The van der Waals surface area contributed by atoms with Crippen LogP contribution in [0.4, 0.5) is 4.79 Å². The minimum absolute atomic E-state index is 0.0622. The number of hydroxylamine groups is 1. The second-order valence-electron chi connectivity index (χ2n) is 9.70. The molecule has 1 aromatic carbocycles. The third-order valence-electron chi connectivity index (χ3n) is 7.42. The lowest BCUT2D eigenvalue weighted by molar-refractivity contribution is -0.129. The molecule has 3 amide bonds. The molecule has 10 nitrogen and oxygen atoms in total. The van der Waals surface area contributed by atoms with Crippen molar-refractivity contribution in [3.8, 4) is 21.8 Å². The summed E-state index contributed by atoms with van der Waals surface area (Å²) >= 11 is 1.31. The Morgan fingerprint density at radius 3 is 2.39 bits per heavy atom. The van der Waals surface area contributed by atoms with E-state index < -0.39 is 26.9 Å². The Labute approximate surface area is 225 Å². The molecule has 2 aliphatic rings. The number of piperidine rings is 1. The Morgan fingerprint density at radius 2 is 1.71 bits per heavy atom. The molecule has 12 heteroatoms. The van der Waals surface area contributed by atoms with Crippen molar-refractivity contribution in [2.45, 2.75) is 36.9 Å². The van der Waals surface area contributed by atoms with Gasteiger partial charge in [-0.2, -0.15) is 0 Å². The number of nitrogens with zero attached hydrogens (tertiary/aromatic N) is 3. The van der Waals surface area contributed by atoms with E-state index >= 15 is 0 Å². The average Bonchev–Trinajstić information content (AvgIpc) is 3.63. The van der Waals surface area contributed by atoms with Gasteiger partial charge in [-0.3, -0.25) is 10.0 Å². The molecule has 4 heterocycles. The summed E-state index contributed by atoms with van der Waals surface area (Å²) < 4.78 is 31.4. The monoisotopic (exact) mass is 558 g/mol. The van der Waals surface area contributed by atoms with Crippen LogP contribution in [0.15, 0.2) is 53.4 Å². The number of hydrogen-bond donors (Lipinski definition) is 2. The van der Waals surface area contributed by atoms with Gasteiger partial charge in [0.05, 0.1) is 18.4 Å². The SMILES string of the molecule is O=C(C[C@]1(c2ccc(-c3ccc(-c4cnco4)cc3)s2)CCN(C(=O)N2CCCCC2)CCS1(=O)=O)NO. The number of carbonyl (C=O) groups is 2. The Kier molecular flexibility index (Phi) is 7.55. The topological polar surface area (TPSA) is 133 Å². The fraction of sp³-hybridized carbons (Fsp3) is 0.423. The van der Waals surface area contributed by atoms with E-state index in [2.05, 4.69) is 4.98 Å². The summed E-state index contributed by atoms with van der Waals surface area (Å²) in [5.74, 6) is -0.397. The standard InChI is InChI=1S/C26H30N4O6S2/c31-24(28-33)16-26(10-13-30(14-15-38(26,34)35)25(32)29-11-2-1-3-12-29)23-9-8-22(37-23)20-6-4-19(5-7-20)21-17-27-18-36-21/h4-9,17-18,33H,1-3,10-16H2,(H,28,31)/t26-/m0/s1. The molecule has 0 spiro atoms. The number of thiophene rings is 1. The molecule has 2 fully saturated rings. The van der Waals surface area contributed by atoms with Gasteiger partial charge in [0.1, 0.15) is 4.75 Å². The van der Waals surface area contributed by atoms with E-state index in [4.69, 9.17) is 4.42 Å². The summed E-state index contributed by atoms with van der Waals surface area (Å²) in [6.45, 7) is 1.61. The van der Waals surface area contributed by atoms with Gasteiger partial charge in [-0.25, -0.2) is 23.7 Å². The Bertz CT molecular complexity index is 1380. The van der Waals surface area contributed by atoms with Gasteiger partial charge in [-0.05, 0) is 43.4 Å². The van der Waals surface area contributed by atoms with Crippen LogP contribution in [-0.2, 0) is 19.4 Å². The largest absolute Gasteiger partial charge is 0.444 e. The normalized spacial score (nSPS) is 21.6. The van der Waals surface area contributed by atoms with E-state index in [0.717, 1.165) is 35.3 Å². The van der Waals surface area contributed by atoms with Crippen LogP contribution >= 0.6 is 11.3 Å². The predicted molar refractivity (Wildman–Crippen MR) is 142 cm³/mol. The fourth-order valence-electron chi connectivity index (χ4n) is 5.24. The van der Waals surface area contributed by atoms with Gasteiger partial charge in [0.15, 0.2) is 22.0 Å². The van der Waals surface area contributed by atoms with E-state index in [9.17, 15) is 23.2 Å². The molecule has 0 unspecified atom stereocenters. The molecule has 0 radical (unpaired) electrons. The maximum absolute atomic E-state index is 13.8. The summed E-state index contributed by atoms with van der Waals surface area (Å²) in [5, 5.41) is 9.29. The van der Waals surface area contributed by atoms with Gasteiger partial charge in [-0.15, -0.1) is 11.3 Å². The first kappa shape index (κ1) is 26.4. The van der Waals surface area contributed by atoms with Crippen LogP contribution in [0.2, 0.25) is 0 Å². The number of rotatable bonds is 5. The highest BCUT2D eigenvalue weighted by Gasteiger charge is 2.50. The van der Waals surface area contributed by atoms with Crippen LogP contribution in [0, 0.1) is 0 Å². The number of oxazole rings is 1. The molecule has 2 saturated heterocycles. The third-order valence-corrected chi connectivity index (χ3v) is 11.4. The van der Waals surface area contributed by atoms with Crippen molar-refractivity contribution in [3.05, 3.63) is 53.9 Å². The minimum atomic E-state index is -3.88. The lowest BCUT2D eigenvalue weighted by Crippen LogP contribution is -2.46. The highest BCUT2D eigenvalue weighted by atomic mass is 32.2. The summed E-state index contributed by atoms with van der Waals surface area (Å²) in [6, 6.07) is 11.1. The minimum Gasteiger partial charge on any atom is -0.444 e. The molecule has 38 heavy (non-hydrogen) atoms. The van der Waals surface area contributed by atoms with Gasteiger partial charge in [0, 0.05) is 41.5 Å². The van der Waals surface area contributed by atoms with Crippen LogP contribution in [0.5, 0.6) is 0 Å². The number of sulfone groups is 1. The summed E-state index contributed by atoms with van der Waals surface area (Å²) in [5.41, 5.74) is 3.36. The average molecular weight is 559 g/mol. The van der Waals surface area contributed by atoms with Crippen molar-refractivity contribution in [2.75, 3.05) is 31.9 Å². The number of hydrogen-bond acceptors (Lipinski definition) is 8. The van der Waals surface area contributed by atoms with Crippen LogP contribution < -0.4 is 5.48 Å². The van der Waals surface area contributed by atoms with Crippen molar-refractivity contribution < 1.29 is 27.6 Å². The molecular weight excluding hydrogens is 528 g/mol. The molecule has 0 aliphatic carbocycles. The molecule has 0 saturated carbocycles. The molecule has 0 bridgehead atoms. The van der Waals surface area contributed by atoms with Crippen molar-refractivity contribution >= 4 is 33.1 Å². The molecule has 2 aromatic heterocycles. The van der Waals surface area contributed by atoms with E-state index in [1.54, 1.807) is 27.5 Å². The second-order valence-corrected chi connectivity index (χ2v) is 13.2. The lowest BCUT2D eigenvalue weighted by Gasteiger charge is -2.33. The maximum atomic E-state index is 13.8. The van der Waals surface area contributed by atoms with E-state index in [1.165, 1.54) is 17.7 Å². The van der Waals surface area contributed by atoms with Crippen molar-refractivity contribution in [2.24, 2.45) is 0 Å². The van der Waals surface area contributed by atoms with Gasteiger partial charge in [0.25, 0.3) is 0 Å².